The topological polar surface area (TPSA) is 16.1 Å². The van der Waals surface area contributed by atoms with E-state index >= 15 is 0 Å². The molecule has 0 atom stereocenters. The van der Waals surface area contributed by atoms with Gasteiger partial charge in [0.05, 0.1) is 10.5 Å². The number of nitrogens with zero attached hydrogens (tertiary/aromatic N) is 2. The first-order valence-corrected chi connectivity index (χ1v) is 6.87. The van der Waals surface area contributed by atoms with Crippen LogP contribution in [0.1, 0.15) is 0 Å². The minimum absolute atomic E-state index is 0.755. The lowest BCUT2D eigenvalue weighted by molar-refractivity contribution is 1.08. The molecule has 3 heteroatoms. The zero-order chi connectivity index (χ0) is 14.1. The van der Waals surface area contributed by atoms with Crippen LogP contribution in [0.5, 0.6) is 0 Å². The second-order valence-corrected chi connectivity index (χ2v) is 5.28. The second kappa shape index (κ2) is 5.14. The van der Waals surface area contributed by atoms with Gasteiger partial charge >= 0.3 is 0 Å². The van der Waals surface area contributed by atoms with Crippen LogP contribution in [0.4, 0.5) is 5.82 Å². The first-order chi connectivity index (χ1) is 9.68. The number of pyridine rings is 1. The first kappa shape index (κ1) is 12.9. The van der Waals surface area contributed by atoms with Gasteiger partial charge in [0.2, 0.25) is 0 Å². The fourth-order valence-corrected chi connectivity index (χ4v) is 2.70. The molecule has 0 N–H and O–H groups in total. The second-order valence-electron chi connectivity index (χ2n) is 4.90. The first-order valence-electron chi connectivity index (χ1n) is 6.49. The van der Waals surface area contributed by atoms with Gasteiger partial charge in [0.1, 0.15) is 5.82 Å². The number of fused-ring (bicyclic) bond motifs is 1. The van der Waals surface area contributed by atoms with Crippen LogP contribution in [0.3, 0.4) is 0 Å². The van der Waals surface area contributed by atoms with E-state index in [1.165, 1.54) is 0 Å². The molecule has 0 fully saturated rings. The molecule has 0 unspecified atom stereocenters. The molecule has 0 aliphatic carbocycles. The Bertz CT molecular complexity index is 752. The summed E-state index contributed by atoms with van der Waals surface area (Å²) in [5.74, 6) is 0.889. The fourth-order valence-electron chi connectivity index (χ4n) is 2.34. The highest BCUT2D eigenvalue weighted by atomic mass is 35.5. The Morgan fingerprint density at radius 1 is 0.900 bits per heavy atom. The van der Waals surface area contributed by atoms with Crippen LogP contribution in [0.15, 0.2) is 54.6 Å². The number of hydrogen-bond acceptors (Lipinski definition) is 2. The van der Waals surface area contributed by atoms with Gasteiger partial charge in [-0.15, -0.1) is 0 Å². The molecule has 0 aliphatic rings. The van der Waals surface area contributed by atoms with Gasteiger partial charge in [0.15, 0.2) is 0 Å². The number of para-hydroxylation sites is 1. The van der Waals surface area contributed by atoms with Crippen molar-refractivity contribution in [3.63, 3.8) is 0 Å². The Balaban J connectivity index is 2.39. The summed E-state index contributed by atoms with van der Waals surface area (Å²) in [6.45, 7) is 0. The summed E-state index contributed by atoms with van der Waals surface area (Å²) in [6, 6.07) is 18.1. The summed E-state index contributed by atoms with van der Waals surface area (Å²) >= 11 is 6.66. The highest BCUT2D eigenvalue weighted by molar-refractivity contribution is 6.38. The van der Waals surface area contributed by atoms with E-state index in [-0.39, 0.29) is 0 Å². The van der Waals surface area contributed by atoms with Crippen molar-refractivity contribution in [2.45, 2.75) is 0 Å². The molecule has 20 heavy (non-hydrogen) atoms. The van der Waals surface area contributed by atoms with Gasteiger partial charge in [-0.05, 0) is 11.6 Å². The van der Waals surface area contributed by atoms with E-state index in [1.54, 1.807) is 0 Å². The lowest BCUT2D eigenvalue weighted by Crippen LogP contribution is -2.12. The quantitative estimate of drug-likeness (QED) is 0.682. The smallest absolute Gasteiger partial charge is 0.138 e. The Labute approximate surface area is 123 Å². The van der Waals surface area contributed by atoms with Gasteiger partial charge < -0.3 is 4.90 Å². The molecular formula is C17H15ClN2. The lowest BCUT2D eigenvalue weighted by Gasteiger charge is -2.19. The van der Waals surface area contributed by atoms with Crippen molar-refractivity contribution in [3.8, 4) is 11.1 Å². The van der Waals surface area contributed by atoms with Crippen LogP contribution in [0.2, 0.25) is 5.02 Å². The third-order valence-corrected chi connectivity index (χ3v) is 3.69. The van der Waals surface area contributed by atoms with Crippen molar-refractivity contribution < 1.29 is 0 Å². The zero-order valence-electron chi connectivity index (χ0n) is 11.5. The van der Waals surface area contributed by atoms with Crippen LogP contribution in [-0.2, 0) is 0 Å². The Kier molecular flexibility index (Phi) is 3.33. The maximum Gasteiger partial charge on any atom is 0.138 e. The molecule has 0 bridgehead atoms. The third kappa shape index (κ3) is 2.12. The predicted octanol–water partition coefficient (Wildman–Crippen LogP) is 4.62. The molecule has 0 saturated carbocycles. The normalized spacial score (nSPS) is 10.8. The zero-order valence-corrected chi connectivity index (χ0v) is 12.2. The van der Waals surface area contributed by atoms with E-state index in [0.29, 0.717) is 0 Å². The highest BCUT2D eigenvalue weighted by Gasteiger charge is 2.16. The molecule has 0 radical (unpaired) electrons. The van der Waals surface area contributed by atoms with Gasteiger partial charge in [-0.25, -0.2) is 4.98 Å². The van der Waals surface area contributed by atoms with Crippen molar-refractivity contribution in [3.05, 3.63) is 59.6 Å². The van der Waals surface area contributed by atoms with Gasteiger partial charge in [-0.2, -0.15) is 0 Å². The molecule has 2 nitrogen and oxygen atoms in total. The largest absolute Gasteiger partial charge is 0.362 e. The van der Waals surface area contributed by atoms with Gasteiger partial charge in [-0.1, -0.05) is 60.1 Å². The summed E-state index contributed by atoms with van der Waals surface area (Å²) < 4.78 is 0. The maximum absolute atomic E-state index is 6.66. The summed E-state index contributed by atoms with van der Waals surface area (Å²) in [6.07, 6.45) is 0. The number of aromatic nitrogens is 1. The lowest BCUT2D eigenvalue weighted by atomic mass is 10.0. The molecule has 0 spiro atoms. The molecule has 3 aromatic rings. The number of benzene rings is 2. The van der Waals surface area contributed by atoms with E-state index in [4.69, 9.17) is 16.6 Å². The van der Waals surface area contributed by atoms with Gasteiger partial charge in [0.25, 0.3) is 0 Å². The average molecular weight is 283 g/mol. The van der Waals surface area contributed by atoms with Gasteiger partial charge in [-0.3, -0.25) is 0 Å². The average Bonchev–Trinajstić information content (AvgIpc) is 2.48. The van der Waals surface area contributed by atoms with Gasteiger partial charge in [0, 0.05) is 25.0 Å². The SMILES string of the molecule is CN(C)c1nc2ccccc2c(Cl)c1-c1ccccc1. The van der Waals surface area contributed by atoms with E-state index in [2.05, 4.69) is 12.1 Å². The van der Waals surface area contributed by atoms with E-state index in [1.807, 2.05) is 61.5 Å². The van der Waals surface area contributed by atoms with Crippen molar-refractivity contribution >= 4 is 28.3 Å². The van der Waals surface area contributed by atoms with Crippen molar-refractivity contribution in [1.82, 2.24) is 4.98 Å². The summed E-state index contributed by atoms with van der Waals surface area (Å²) in [4.78, 5) is 6.75. The maximum atomic E-state index is 6.66. The predicted molar refractivity (Wildman–Crippen MR) is 86.5 cm³/mol. The monoisotopic (exact) mass is 282 g/mol. The van der Waals surface area contributed by atoms with E-state index in [9.17, 15) is 0 Å². The summed E-state index contributed by atoms with van der Waals surface area (Å²) in [5, 5.41) is 1.74. The molecular weight excluding hydrogens is 268 g/mol. The van der Waals surface area contributed by atoms with Crippen LogP contribution in [-0.4, -0.2) is 19.1 Å². The Morgan fingerprint density at radius 2 is 1.55 bits per heavy atom. The molecule has 1 aromatic heterocycles. The van der Waals surface area contributed by atoms with Crippen LogP contribution < -0.4 is 4.90 Å². The van der Waals surface area contributed by atoms with Crippen molar-refractivity contribution in [2.24, 2.45) is 0 Å². The molecule has 0 aliphatic heterocycles. The number of anilines is 1. The Morgan fingerprint density at radius 3 is 2.25 bits per heavy atom. The third-order valence-electron chi connectivity index (χ3n) is 3.30. The molecule has 0 amide bonds. The van der Waals surface area contributed by atoms with Crippen molar-refractivity contribution in [1.29, 1.82) is 0 Å². The number of hydrogen-bond donors (Lipinski definition) is 0. The van der Waals surface area contributed by atoms with Crippen LogP contribution >= 0.6 is 11.6 Å². The summed E-state index contributed by atoms with van der Waals surface area (Å²) in [5.41, 5.74) is 2.98. The van der Waals surface area contributed by atoms with Crippen LogP contribution in [0.25, 0.3) is 22.0 Å². The molecule has 0 saturated heterocycles. The van der Waals surface area contributed by atoms with E-state index < -0.39 is 0 Å². The molecule has 2 aromatic carbocycles. The van der Waals surface area contributed by atoms with Crippen molar-refractivity contribution in [2.75, 3.05) is 19.0 Å². The minimum Gasteiger partial charge on any atom is -0.362 e. The minimum atomic E-state index is 0.755. The fraction of sp³-hybridized carbons (Fsp3) is 0.118. The number of halogens is 1. The standard InChI is InChI=1S/C17H15ClN2/c1-20(2)17-15(12-8-4-3-5-9-12)16(18)13-10-6-7-11-14(13)19-17/h3-11H,1-2H3. The molecule has 3 rings (SSSR count). The molecule has 100 valence electrons. The highest BCUT2D eigenvalue weighted by Crippen LogP contribution is 2.39. The molecule has 1 heterocycles. The summed E-state index contributed by atoms with van der Waals surface area (Å²) in [7, 11) is 3.97. The Hall–Kier alpha value is -2.06. The van der Waals surface area contributed by atoms with E-state index in [0.717, 1.165) is 32.9 Å². The van der Waals surface area contributed by atoms with Crippen LogP contribution in [0, 0.1) is 0 Å². The number of rotatable bonds is 2.